The number of carbonyl (C=O) groups is 1. The van der Waals surface area contributed by atoms with Crippen molar-refractivity contribution in [2.24, 2.45) is 10.7 Å². The first kappa shape index (κ1) is 18.0. The number of rotatable bonds is 5. The first-order chi connectivity index (χ1) is 12.6. The van der Waals surface area contributed by atoms with Crippen LogP contribution in [0.5, 0.6) is 5.75 Å². The summed E-state index contributed by atoms with van der Waals surface area (Å²) in [4.78, 5) is 16.7. The monoisotopic (exact) mass is 351 g/mol. The number of carbonyl (C=O) groups excluding carboxylic acids is 1. The summed E-state index contributed by atoms with van der Waals surface area (Å²) in [5.74, 6) is 1.27. The molecule has 5 heteroatoms. The van der Waals surface area contributed by atoms with Crippen LogP contribution in [0.2, 0.25) is 0 Å². The molecule has 0 fully saturated rings. The number of anilines is 1. The highest BCUT2D eigenvalue weighted by atomic mass is 16.5. The third-order valence-corrected chi connectivity index (χ3v) is 4.57. The van der Waals surface area contributed by atoms with Crippen LogP contribution in [0.15, 0.2) is 47.5 Å². The SMILES string of the molecule is CCN=C(N)c1ccc(C(=O)Nc2ccc3c(c2)CCC(CC)O3)cc1. The van der Waals surface area contributed by atoms with Crippen molar-refractivity contribution < 1.29 is 9.53 Å². The molecule has 1 aliphatic rings. The molecule has 3 N–H and O–H groups in total. The smallest absolute Gasteiger partial charge is 0.255 e. The fourth-order valence-electron chi connectivity index (χ4n) is 3.07. The highest BCUT2D eigenvalue weighted by Gasteiger charge is 2.18. The maximum Gasteiger partial charge on any atom is 0.255 e. The molecule has 3 rings (SSSR count). The first-order valence-corrected chi connectivity index (χ1v) is 9.12. The van der Waals surface area contributed by atoms with E-state index in [2.05, 4.69) is 17.2 Å². The van der Waals surface area contributed by atoms with Gasteiger partial charge in [0.2, 0.25) is 0 Å². The van der Waals surface area contributed by atoms with Gasteiger partial charge in [0, 0.05) is 23.4 Å². The number of amidine groups is 1. The molecule has 136 valence electrons. The van der Waals surface area contributed by atoms with Crippen LogP contribution in [-0.2, 0) is 6.42 Å². The van der Waals surface area contributed by atoms with E-state index < -0.39 is 0 Å². The van der Waals surface area contributed by atoms with Gasteiger partial charge in [0.05, 0.1) is 6.10 Å². The van der Waals surface area contributed by atoms with Crippen LogP contribution < -0.4 is 15.8 Å². The van der Waals surface area contributed by atoms with Gasteiger partial charge in [-0.15, -0.1) is 0 Å². The van der Waals surface area contributed by atoms with Gasteiger partial charge in [-0.2, -0.15) is 0 Å². The second-order valence-electron chi connectivity index (χ2n) is 6.40. The fourth-order valence-corrected chi connectivity index (χ4v) is 3.07. The lowest BCUT2D eigenvalue weighted by atomic mass is 10.0. The minimum Gasteiger partial charge on any atom is -0.490 e. The molecule has 1 atom stereocenters. The van der Waals surface area contributed by atoms with E-state index >= 15 is 0 Å². The topological polar surface area (TPSA) is 76.7 Å². The van der Waals surface area contributed by atoms with Crippen molar-refractivity contribution in [2.45, 2.75) is 39.2 Å². The molecule has 0 aromatic heterocycles. The molecule has 0 radical (unpaired) electrons. The number of nitrogens with two attached hydrogens (primary N) is 1. The lowest BCUT2D eigenvalue weighted by Crippen LogP contribution is -2.21. The summed E-state index contributed by atoms with van der Waals surface area (Å²) in [6.45, 7) is 4.70. The normalized spacial score (nSPS) is 16.5. The van der Waals surface area contributed by atoms with Gasteiger partial charge in [0.1, 0.15) is 11.6 Å². The molecular weight excluding hydrogens is 326 g/mol. The van der Waals surface area contributed by atoms with Crippen LogP contribution in [0, 0.1) is 0 Å². The summed E-state index contributed by atoms with van der Waals surface area (Å²) >= 11 is 0. The van der Waals surface area contributed by atoms with Crippen LogP contribution in [-0.4, -0.2) is 24.4 Å². The first-order valence-electron chi connectivity index (χ1n) is 9.12. The van der Waals surface area contributed by atoms with Crippen LogP contribution in [0.25, 0.3) is 0 Å². The number of hydrogen-bond acceptors (Lipinski definition) is 3. The standard InChI is InChI=1S/C21H25N3O2/c1-3-18-11-9-16-13-17(10-12-19(16)26-18)24-21(25)15-7-5-14(6-8-15)20(22)23-4-2/h5-8,10,12-13,18H,3-4,9,11H2,1-2H3,(H2,22,23)(H,24,25). The molecule has 1 unspecified atom stereocenters. The molecule has 26 heavy (non-hydrogen) atoms. The number of benzene rings is 2. The van der Waals surface area contributed by atoms with Gasteiger partial charge >= 0.3 is 0 Å². The van der Waals surface area contributed by atoms with Crippen molar-refractivity contribution >= 4 is 17.4 Å². The zero-order valence-corrected chi connectivity index (χ0v) is 15.3. The number of amides is 1. The molecule has 5 nitrogen and oxygen atoms in total. The predicted molar refractivity (Wildman–Crippen MR) is 105 cm³/mol. The van der Waals surface area contributed by atoms with Crippen molar-refractivity contribution in [1.82, 2.24) is 0 Å². The summed E-state index contributed by atoms with van der Waals surface area (Å²) in [7, 11) is 0. The third kappa shape index (κ3) is 4.04. The molecule has 0 saturated carbocycles. The Hall–Kier alpha value is -2.82. The number of nitrogens with zero attached hydrogens (tertiary/aromatic N) is 1. The van der Waals surface area contributed by atoms with Crippen LogP contribution >= 0.6 is 0 Å². The average Bonchev–Trinajstić information content (AvgIpc) is 2.67. The van der Waals surface area contributed by atoms with Crippen molar-refractivity contribution in [3.05, 3.63) is 59.2 Å². The molecule has 1 heterocycles. The third-order valence-electron chi connectivity index (χ3n) is 4.57. The Morgan fingerprint density at radius 3 is 2.62 bits per heavy atom. The number of nitrogens with one attached hydrogen (secondary N) is 1. The molecular formula is C21H25N3O2. The molecule has 1 aliphatic heterocycles. The predicted octanol–water partition coefficient (Wildman–Crippen LogP) is 3.77. The highest BCUT2D eigenvalue weighted by Crippen LogP contribution is 2.31. The van der Waals surface area contributed by atoms with Gasteiger partial charge in [-0.3, -0.25) is 9.79 Å². The van der Waals surface area contributed by atoms with E-state index in [4.69, 9.17) is 10.5 Å². The van der Waals surface area contributed by atoms with Crippen LogP contribution in [0.4, 0.5) is 5.69 Å². The molecule has 2 aromatic carbocycles. The van der Waals surface area contributed by atoms with Crippen LogP contribution in [0.1, 0.15) is 48.2 Å². The minimum atomic E-state index is -0.148. The van der Waals surface area contributed by atoms with Crippen molar-refractivity contribution in [1.29, 1.82) is 0 Å². The maximum atomic E-state index is 12.5. The quantitative estimate of drug-likeness (QED) is 0.636. The average molecular weight is 351 g/mol. The number of hydrogen-bond donors (Lipinski definition) is 2. The van der Waals surface area contributed by atoms with Gasteiger partial charge in [-0.05, 0) is 62.1 Å². The van der Waals surface area contributed by atoms with E-state index in [1.807, 2.05) is 37.3 Å². The second kappa shape index (κ2) is 8.04. The summed E-state index contributed by atoms with van der Waals surface area (Å²) in [5, 5.41) is 2.95. The zero-order chi connectivity index (χ0) is 18.5. The van der Waals surface area contributed by atoms with Crippen molar-refractivity contribution in [3.63, 3.8) is 0 Å². The fraction of sp³-hybridized carbons (Fsp3) is 0.333. The lowest BCUT2D eigenvalue weighted by Gasteiger charge is -2.25. The summed E-state index contributed by atoms with van der Waals surface area (Å²) in [6.07, 6.45) is 3.30. The van der Waals surface area contributed by atoms with Gasteiger partial charge in [-0.25, -0.2) is 0 Å². The van der Waals surface area contributed by atoms with Crippen molar-refractivity contribution in [2.75, 3.05) is 11.9 Å². The van der Waals surface area contributed by atoms with Gasteiger partial charge in [-0.1, -0.05) is 19.1 Å². The Balaban J connectivity index is 1.69. The summed E-state index contributed by atoms with van der Waals surface area (Å²) in [6, 6.07) is 13.0. The Kier molecular flexibility index (Phi) is 5.56. The van der Waals surface area contributed by atoms with E-state index in [0.717, 1.165) is 41.8 Å². The van der Waals surface area contributed by atoms with E-state index in [1.165, 1.54) is 0 Å². The minimum absolute atomic E-state index is 0.148. The molecule has 0 bridgehead atoms. The summed E-state index contributed by atoms with van der Waals surface area (Å²) < 4.78 is 5.95. The van der Waals surface area contributed by atoms with Gasteiger partial charge in [0.25, 0.3) is 5.91 Å². The Labute approximate surface area is 154 Å². The zero-order valence-electron chi connectivity index (χ0n) is 15.3. The molecule has 0 spiro atoms. The van der Waals surface area contributed by atoms with Gasteiger partial charge < -0.3 is 15.8 Å². The number of aryl methyl sites for hydroxylation is 1. The van der Waals surface area contributed by atoms with E-state index in [0.29, 0.717) is 24.0 Å². The van der Waals surface area contributed by atoms with E-state index in [-0.39, 0.29) is 5.91 Å². The van der Waals surface area contributed by atoms with E-state index in [1.54, 1.807) is 12.1 Å². The molecule has 0 aliphatic carbocycles. The molecule has 0 saturated heterocycles. The molecule has 2 aromatic rings. The lowest BCUT2D eigenvalue weighted by molar-refractivity contribution is 0.102. The molecule has 1 amide bonds. The number of ether oxygens (including phenoxy) is 1. The maximum absolute atomic E-state index is 12.5. The van der Waals surface area contributed by atoms with Crippen LogP contribution in [0.3, 0.4) is 0 Å². The highest BCUT2D eigenvalue weighted by molar-refractivity contribution is 6.05. The Morgan fingerprint density at radius 1 is 1.19 bits per heavy atom. The number of fused-ring (bicyclic) bond motifs is 1. The Bertz CT molecular complexity index is 813. The Morgan fingerprint density at radius 2 is 1.92 bits per heavy atom. The van der Waals surface area contributed by atoms with Gasteiger partial charge in [0.15, 0.2) is 0 Å². The largest absolute Gasteiger partial charge is 0.490 e. The van der Waals surface area contributed by atoms with E-state index in [9.17, 15) is 4.79 Å². The summed E-state index contributed by atoms with van der Waals surface area (Å²) in [5.41, 5.74) is 9.20. The van der Waals surface area contributed by atoms with Crippen molar-refractivity contribution in [3.8, 4) is 5.75 Å². The second-order valence-corrected chi connectivity index (χ2v) is 6.40. The number of aliphatic imine (C=N–C) groups is 1.